The summed E-state index contributed by atoms with van der Waals surface area (Å²) in [5, 5.41) is 0. The van der Waals surface area contributed by atoms with E-state index in [0.717, 1.165) is 39.4 Å². The van der Waals surface area contributed by atoms with Crippen LogP contribution in [0.4, 0.5) is 13.2 Å². The minimum absolute atomic E-state index is 0. The van der Waals surface area contributed by atoms with Crippen LogP contribution in [0.1, 0.15) is 5.56 Å². The highest BCUT2D eigenvalue weighted by Crippen LogP contribution is 2.35. The first-order chi connectivity index (χ1) is 6.23. The zero-order valence-electron chi connectivity index (χ0n) is 6.95. The van der Waals surface area contributed by atoms with Crippen molar-refractivity contribution in [1.82, 2.24) is 0 Å². The number of alkyl halides is 3. The van der Waals surface area contributed by atoms with Gasteiger partial charge in [0.1, 0.15) is 0 Å². The van der Waals surface area contributed by atoms with Gasteiger partial charge in [0.05, 0.1) is 31.7 Å². The van der Waals surface area contributed by atoms with Gasteiger partial charge in [-0.3, -0.25) is 0 Å². The molecule has 0 radical (unpaired) electrons. The SMILES string of the molecule is I.O=S(=O)(I)c1ccccc1C(F)(F)F. The third-order valence-electron chi connectivity index (χ3n) is 1.46. The molecule has 86 valence electrons. The Balaban J connectivity index is 0.00000196. The van der Waals surface area contributed by atoms with Gasteiger partial charge in [-0.1, -0.05) is 12.1 Å². The van der Waals surface area contributed by atoms with Gasteiger partial charge in [-0.15, -0.1) is 24.0 Å². The fourth-order valence-corrected chi connectivity index (χ4v) is 2.75. The first kappa shape index (κ1) is 15.4. The van der Waals surface area contributed by atoms with E-state index >= 15 is 0 Å². The largest absolute Gasteiger partial charge is 0.417 e. The van der Waals surface area contributed by atoms with E-state index in [0.29, 0.717) is 0 Å². The minimum Gasteiger partial charge on any atom is -0.213 e. The average Bonchev–Trinajstić information content (AvgIpc) is 2.01. The smallest absolute Gasteiger partial charge is 0.213 e. The summed E-state index contributed by atoms with van der Waals surface area (Å²) in [7, 11) is -3.87. The van der Waals surface area contributed by atoms with Crippen LogP contribution in [0.2, 0.25) is 0 Å². The lowest BCUT2D eigenvalue weighted by atomic mass is 10.2. The average molecular weight is 464 g/mol. The van der Waals surface area contributed by atoms with Crippen LogP contribution in [-0.4, -0.2) is 8.42 Å². The predicted octanol–water partition coefficient (Wildman–Crippen LogP) is 3.45. The van der Waals surface area contributed by atoms with Crippen molar-refractivity contribution in [3.05, 3.63) is 29.8 Å². The molecule has 15 heavy (non-hydrogen) atoms. The molecule has 1 aromatic carbocycles. The Labute approximate surface area is 114 Å². The molecule has 0 unspecified atom stereocenters. The second-order valence-electron chi connectivity index (χ2n) is 2.43. The molecular weight excluding hydrogens is 459 g/mol. The molecule has 0 heterocycles. The lowest BCUT2D eigenvalue weighted by Crippen LogP contribution is -2.09. The minimum atomic E-state index is -4.64. The number of halogens is 5. The lowest BCUT2D eigenvalue weighted by Gasteiger charge is -2.09. The Kier molecular flexibility index (Phi) is 5.31. The van der Waals surface area contributed by atoms with Gasteiger partial charge < -0.3 is 0 Å². The highest BCUT2D eigenvalue weighted by Gasteiger charge is 2.35. The summed E-state index contributed by atoms with van der Waals surface area (Å²) in [6.45, 7) is 0. The standard InChI is InChI=1S/C7H4F3IO2S.HI/c8-7(9,10)5-3-1-2-4-6(5)14(11,12)13;/h1-4H;1H. The van der Waals surface area contributed by atoms with Crippen LogP contribution in [-0.2, 0) is 13.2 Å². The molecule has 0 saturated carbocycles. The Morgan fingerprint density at radius 2 is 1.60 bits per heavy atom. The molecule has 0 fully saturated rings. The van der Waals surface area contributed by atoms with Gasteiger partial charge in [0.15, 0.2) is 0 Å². The molecule has 0 bridgehead atoms. The molecule has 1 rings (SSSR count). The molecule has 0 amide bonds. The van der Waals surface area contributed by atoms with Crippen molar-refractivity contribution in [2.75, 3.05) is 0 Å². The second-order valence-corrected chi connectivity index (χ2v) is 7.23. The normalized spacial score (nSPS) is 12.0. The molecule has 0 aliphatic carbocycles. The third kappa shape index (κ3) is 4.06. The van der Waals surface area contributed by atoms with E-state index in [9.17, 15) is 21.6 Å². The van der Waals surface area contributed by atoms with Crippen LogP contribution >= 0.6 is 45.2 Å². The van der Waals surface area contributed by atoms with Gasteiger partial charge >= 0.3 is 6.18 Å². The molecule has 1 aromatic rings. The molecule has 0 aliphatic rings. The molecule has 2 nitrogen and oxygen atoms in total. The number of rotatable bonds is 1. The molecule has 0 aliphatic heterocycles. The van der Waals surface area contributed by atoms with Crippen molar-refractivity contribution >= 4 is 52.2 Å². The van der Waals surface area contributed by atoms with Crippen molar-refractivity contribution in [3.63, 3.8) is 0 Å². The molecule has 0 saturated heterocycles. The Bertz CT molecular complexity index is 442. The van der Waals surface area contributed by atoms with Gasteiger partial charge in [0, 0.05) is 0 Å². The lowest BCUT2D eigenvalue weighted by molar-refractivity contribution is -0.139. The van der Waals surface area contributed by atoms with Crippen molar-refractivity contribution in [2.45, 2.75) is 11.1 Å². The Morgan fingerprint density at radius 3 is 1.93 bits per heavy atom. The highest BCUT2D eigenvalue weighted by molar-refractivity contribution is 14.2. The summed E-state index contributed by atoms with van der Waals surface area (Å²) in [6, 6.07) is 4.07. The first-order valence-electron chi connectivity index (χ1n) is 3.34. The van der Waals surface area contributed by atoms with Crippen LogP contribution in [0.25, 0.3) is 0 Å². The van der Waals surface area contributed by atoms with Gasteiger partial charge in [-0.25, -0.2) is 8.42 Å². The summed E-state index contributed by atoms with van der Waals surface area (Å²) in [6.07, 6.45) is -4.64. The molecule has 0 atom stereocenters. The zero-order valence-corrected chi connectivity index (χ0v) is 12.3. The fraction of sp³-hybridized carbons (Fsp3) is 0.143. The Morgan fingerprint density at radius 1 is 1.13 bits per heavy atom. The Hall–Kier alpha value is 0.420. The maximum atomic E-state index is 12.3. The van der Waals surface area contributed by atoms with E-state index in [1.807, 2.05) is 0 Å². The molecule has 8 heteroatoms. The summed E-state index contributed by atoms with van der Waals surface area (Å²) in [5.74, 6) is 0. The van der Waals surface area contributed by atoms with E-state index in [1.54, 1.807) is 0 Å². The summed E-state index contributed by atoms with van der Waals surface area (Å²) < 4.78 is 58.9. The van der Waals surface area contributed by atoms with Crippen LogP contribution in [0, 0.1) is 0 Å². The molecular formula is C7H5F3I2O2S. The van der Waals surface area contributed by atoms with E-state index < -0.39 is 23.6 Å². The first-order valence-corrected chi connectivity index (χ1v) is 7.36. The van der Waals surface area contributed by atoms with Crippen LogP contribution < -0.4 is 0 Å². The predicted molar refractivity (Wildman–Crippen MR) is 68.1 cm³/mol. The second kappa shape index (κ2) is 5.17. The number of hydrogen-bond acceptors (Lipinski definition) is 2. The molecule has 0 spiro atoms. The zero-order chi connectivity index (χ0) is 11.0. The van der Waals surface area contributed by atoms with E-state index in [-0.39, 0.29) is 24.0 Å². The summed E-state index contributed by atoms with van der Waals surface area (Å²) in [4.78, 5) is -0.701. The fourth-order valence-electron chi connectivity index (χ4n) is 0.913. The van der Waals surface area contributed by atoms with E-state index in [1.165, 1.54) is 6.07 Å². The van der Waals surface area contributed by atoms with E-state index in [4.69, 9.17) is 0 Å². The van der Waals surface area contributed by atoms with Crippen LogP contribution in [0.3, 0.4) is 0 Å². The molecule has 0 N–H and O–H groups in total. The topological polar surface area (TPSA) is 34.1 Å². The van der Waals surface area contributed by atoms with Gasteiger partial charge in [0.25, 0.3) is 0 Å². The summed E-state index contributed by atoms with van der Waals surface area (Å²) in [5.41, 5.74) is -1.13. The van der Waals surface area contributed by atoms with Crippen molar-refractivity contribution in [2.24, 2.45) is 0 Å². The highest BCUT2D eigenvalue weighted by atomic mass is 127. The summed E-state index contributed by atoms with van der Waals surface area (Å²) >= 11 is 0.980. The number of hydrogen-bond donors (Lipinski definition) is 0. The van der Waals surface area contributed by atoms with Crippen molar-refractivity contribution < 1.29 is 21.6 Å². The maximum absolute atomic E-state index is 12.3. The van der Waals surface area contributed by atoms with Crippen molar-refractivity contribution in [3.8, 4) is 0 Å². The maximum Gasteiger partial charge on any atom is 0.417 e. The van der Waals surface area contributed by atoms with Crippen molar-refractivity contribution in [1.29, 1.82) is 0 Å². The quantitative estimate of drug-likeness (QED) is 0.472. The van der Waals surface area contributed by atoms with Crippen LogP contribution in [0.5, 0.6) is 0 Å². The monoisotopic (exact) mass is 464 g/mol. The van der Waals surface area contributed by atoms with Gasteiger partial charge in [-0.05, 0) is 12.1 Å². The van der Waals surface area contributed by atoms with E-state index in [2.05, 4.69) is 0 Å². The van der Waals surface area contributed by atoms with Gasteiger partial charge in [-0.2, -0.15) is 13.2 Å². The molecule has 0 aromatic heterocycles. The third-order valence-corrected chi connectivity index (χ3v) is 3.76. The number of benzene rings is 1. The van der Waals surface area contributed by atoms with Crippen LogP contribution in [0.15, 0.2) is 29.2 Å². The van der Waals surface area contributed by atoms with Gasteiger partial charge in [0.2, 0.25) is 7.01 Å².